The molecular formula is C18H21FN2O3S3. The number of hydrogen-bond donors (Lipinski definition) is 0. The molecule has 0 saturated carbocycles. The Labute approximate surface area is 167 Å². The fourth-order valence-electron chi connectivity index (χ4n) is 2.95. The minimum Gasteiger partial charge on any atom is -0.339 e. The highest BCUT2D eigenvalue weighted by molar-refractivity contribution is 8.00. The standard InChI is InChI=1S/C18H21FN2O3S3/c1-13-11-17(14(2)26-13)27(23,24)21-9-7-20(8-10-21)18(22)12-25-16-5-3-15(19)4-6-16/h3-6,11H,7-10,12H2,1-2H3. The first-order valence-electron chi connectivity index (χ1n) is 8.50. The van der Waals surface area contributed by atoms with E-state index in [1.54, 1.807) is 23.1 Å². The second kappa shape index (κ2) is 8.30. The minimum absolute atomic E-state index is 0.0380. The lowest BCUT2D eigenvalue weighted by Crippen LogP contribution is -2.51. The van der Waals surface area contributed by atoms with E-state index in [-0.39, 0.29) is 17.5 Å². The molecule has 1 aliphatic heterocycles. The number of carbonyl (C=O) groups excluding carboxylic acids is 1. The van der Waals surface area contributed by atoms with Crippen molar-refractivity contribution in [3.8, 4) is 0 Å². The van der Waals surface area contributed by atoms with Crippen LogP contribution in [-0.4, -0.2) is 55.5 Å². The third kappa shape index (κ3) is 4.71. The molecule has 0 aliphatic carbocycles. The molecule has 1 aromatic heterocycles. The van der Waals surface area contributed by atoms with Crippen molar-refractivity contribution < 1.29 is 17.6 Å². The smallest absolute Gasteiger partial charge is 0.244 e. The second-order valence-corrected chi connectivity index (χ2v) is 10.7. The van der Waals surface area contributed by atoms with Crippen LogP contribution < -0.4 is 0 Å². The van der Waals surface area contributed by atoms with Crippen LogP contribution in [0.1, 0.15) is 9.75 Å². The first-order valence-corrected chi connectivity index (χ1v) is 11.7. The van der Waals surface area contributed by atoms with Crippen molar-refractivity contribution in [2.45, 2.75) is 23.6 Å². The van der Waals surface area contributed by atoms with Gasteiger partial charge in [-0.3, -0.25) is 4.79 Å². The Hall–Kier alpha value is -1.42. The molecule has 27 heavy (non-hydrogen) atoms. The Morgan fingerprint density at radius 3 is 2.33 bits per heavy atom. The molecule has 1 aliphatic rings. The lowest BCUT2D eigenvalue weighted by atomic mass is 10.3. The number of carbonyl (C=O) groups is 1. The third-order valence-corrected chi connectivity index (χ3v) is 8.50. The molecule has 0 N–H and O–H groups in total. The van der Waals surface area contributed by atoms with Crippen LogP contribution >= 0.6 is 23.1 Å². The molecule has 1 aromatic carbocycles. The number of thioether (sulfide) groups is 1. The van der Waals surface area contributed by atoms with Crippen molar-refractivity contribution in [3.63, 3.8) is 0 Å². The monoisotopic (exact) mass is 428 g/mol. The van der Waals surface area contributed by atoms with Gasteiger partial charge >= 0.3 is 0 Å². The Morgan fingerprint density at radius 2 is 1.78 bits per heavy atom. The molecule has 1 saturated heterocycles. The van der Waals surface area contributed by atoms with E-state index in [1.807, 2.05) is 13.8 Å². The SMILES string of the molecule is Cc1cc(S(=O)(=O)N2CCN(C(=O)CSc3ccc(F)cc3)CC2)c(C)s1. The zero-order valence-corrected chi connectivity index (χ0v) is 17.6. The van der Waals surface area contributed by atoms with Gasteiger partial charge in [-0.2, -0.15) is 4.31 Å². The van der Waals surface area contributed by atoms with E-state index in [1.165, 1.54) is 39.5 Å². The number of piperazine rings is 1. The van der Waals surface area contributed by atoms with Gasteiger partial charge in [0.25, 0.3) is 0 Å². The van der Waals surface area contributed by atoms with Gasteiger partial charge in [0.05, 0.1) is 10.6 Å². The van der Waals surface area contributed by atoms with Crippen LogP contribution in [0.5, 0.6) is 0 Å². The summed E-state index contributed by atoms with van der Waals surface area (Å²) in [6.07, 6.45) is 0. The van der Waals surface area contributed by atoms with E-state index in [2.05, 4.69) is 0 Å². The average molecular weight is 429 g/mol. The molecule has 146 valence electrons. The zero-order chi connectivity index (χ0) is 19.6. The topological polar surface area (TPSA) is 57.7 Å². The van der Waals surface area contributed by atoms with E-state index in [4.69, 9.17) is 0 Å². The van der Waals surface area contributed by atoms with Crippen molar-refractivity contribution >= 4 is 39.0 Å². The molecule has 2 heterocycles. The molecule has 1 amide bonds. The van der Waals surface area contributed by atoms with Crippen LogP contribution in [-0.2, 0) is 14.8 Å². The Balaban J connectivity index is 1.55. The summed E-state index contributed by atoms with van der Waals surface area (Å²) in [5.74, 6) is -0.0932. The summed E-state index contributed by atoms with van der Waals surface area (Å²) in [4.78, 5) is 17.0. The fourth-order valence-corrected chi connectivity index (χ4v) is 6.69. The molecule has 0 unspecified atom stereocenters. The van der Waals surface area contributed by atoms with E-state index < -0.39 is 10.0 Å². The Bertz CT molecular complexity index is 918. The summed E-state index contributed by atoms with van der Waals surface area (Å²) < 4.78 is 40.0. The lowest BCUT2D eigenvalue weighted by Gasteiger charge is -2.34. The average Bonchev–Trinajstić information content (AvgIpc) is 3.00. The number of amides is 1. The van der Waals surface area contributed by atoms with Crippen LogP contribution in [0.15, 0.2) is 40.1 Å². The third-order valence-electron chi connectivity index (χ3n) is 4.38. The summed E-state index contributed by atoms with van der Waals surface area (Å²) in [5.41, 5.74) is 0. The van der Waals surface area contributed by atoms with E-state index >= 15 is 0 Å². The summed E-state index contributed by atoms with van der Waals surface area (Å²) in [5, 5.41) is 0. The van der Waals surface area contributed by atoms with Gasteiger partial charge in [0.15, 0.2) is 0 Å². The highest BCUT2D eigenvalue weighted by atomic mass is 32.2. The van der Waals surface area contributed by atoms with Gasteiger partial charge in [0.2, 0.25) is 15.9 Å². The highest BCUT2D eigenvalue weighted by Gasteiger charge is 2.31. The number of hydrogen-bond acceptors (Lipinski definition) is 5. The van der Waals surface area contributed by atoms with Crippen molar-refractivity contribution in [2.24, 2.45) is 0 Å². The van der Waals surface area contributed by atoms with Crippen LogP contribution in [0.25, 0.3) is 0 Å². The molecule has 0 bridgehead atoms. The molecule has 9 heteroatoms. The Morgan fingerprint density at radius 1 is 1.15 bits per heavy atom. The van der Waals surface area contributed by atoms with Crippen molar-refractivity contribution in [2.75, 3.05) is 31.9 Å². The van der Waals surface area contributed by atoms with Gasteiger partial charge in [-0.05, 0) is 44.2 Å². The summed E-state index contributed by atoms with van der Waals surface area (Å²) in [7, 11) is -3.52. The number of halogens is 1. The summed E-state index contributed by atoms with van der Waals surface area (Å²) in [6.45, 7) is 5.06. The fraction of sp³-hybridized carbons (Fsp3) is 0.389. The van der Waals surface area contributed by atoms with Crippen molar-refractivity contribution in [1.29, 1.82) is 0 Å². The molecule has 1 fully saturated rings. The van der Waals surface area contributed by atoms with Crippen molar-refractivity contribution in [1.82, 2.24) is 9.21 Å². The predicted molar refractivity (Wildman–Crippen MR) is 106 cm³/mol. The first kappa shape index (κ1) is 20.3. The summed E-state index contributed by atoms with van der Waals surface area (Å²) >= 11 is 2.82. The van der Waals surface area contributed by atoms with Gasteiger partial charge in [0, 0.05) is 40.8 Å². The number of rotatable bonds is 5. The minimum atomic E-state index is -3.52. The van der Waals surface area contributed by atoms with Crippen LogP contribution in [0, 0.1) is 19.7 Å². The molecule has 5 nitrogen and oxygen atoms in total. The lowest BCUT2D eigenvalue weighted by molar-refractivity contribution is -0.129. The summed E-state index contributed by atoms with van der Waals surface area (Å²) in [6, 6.07) is 7.73. The van der Waals surface area contributed by atoms with E-state index in [0.29, 0.717) is 31.1 Å². The molecule has 0 spiro atoms. The second-order valence-electron chi connectivity index (χ2n) is 6.30. The normalized spacial score (nSPS) is 15.9. The van der Waals surface area contributed by atoms with Crippen LogP contribution in [0.2, 0.25) is 0 Å². The number of benzene rings is 1. The highest BCUT2D eigenvalue weighted by Crippen LogP contribution is 2.28. The maximum absolute atomic E-state index is 12.9. The quantitative estimate of drug-likeness (QED) is 0.687. The van der Waals surface area contributed by atoms with Gasteiger partial charge in [-0.1, -0.05) is 0 Å². The number of nitrogens with zero attached hydrogens (tertiary/aromatic N) is 2. The predicted octanol–water partition coefficient (Wildman–Crippen LogP) is 3.13. The zero-order valence-electron chi connectivity index (χ0n) is 15.1. The van der Waals surface area contributed by atoms with Crippen LogP contribution in [0.4, 0.5) is 4.39 Å². The van der Waals surface area contributed by atoms with Crippen LogP contribution in [0.3, 0.4) is 0 Å². The molecule has 0 atom stereocenters. The van der Waals surface area contributed by atoms with Gasteiger partial charge in [-0.25, -0.2) is 12.8 Å². The van der Waals surface area contributed by atoms with E-state index in [0.717, 1.165) is 14.6 Å². The molecule has 3 rings (SSSR count). The van der Waals surface area contributed by atoms with Gasteiger partial charge in [0.1, 0.15) is 5.82 Å². The largest absolute Gasteiger partial charge is 0.339 e. The van der Waals surface area contributed by atoms with Crippen molar-refractivity contribution in [3.05, 3.63) is 45.9 Å². The van der Waals surface area contributed by atoms with E-state index in [9.17, 15) is 17.6 Å². The number of aryl methyl sites for hydroxylation is 2. The molecule has 2 aromatic rings. The maximum Gasteiger partial charge on any atom is 0.244 e. The first-order chi connectivity index (χ1) is 12.8. The van der Waals surface area contributed by atoms with Gasteiger partial charge < -0.3 is 4.90 Å². The van der Waals surface area contributed by atoms with Gasteiger partial charge in [-0.15, -0.1) is 23.1 Å². The number of thiophene rings is 1. The maximum atomic E-state index is 12.9. The number of sulfonamides is 1. The molecule has 0 radical (unpaired) electrons. The Kier molecular flexibility index (Phi) is 6.25. The molecular weight excluding hydrogens is 407 g/mol.